The predicted octanol–water partition coefficient (Wildman–Crippen LogP) is 0.764. The number of nitrogens with zero attached hydrogens (tertiary/aromatic N) is 1. The summed E-state index contributed by atoms with van der Waals surface area (Å²) in [7, 11) is 1.91. The topological polar surface area (TPSA) is 17.1 Å². The highest BCUT2D eigenvalue weighted by molar-refractivity contribution is 7.74. The quantitative estimate of drug-likeness (QED) is 0.327. The number of likely N-dealkylation sites (N-methyl/N-ethyl adjacent to an activating group) is 1. The molecule has 1 atom stereocenters. The summed E-state index contributed by atoms with van der Waals surface area (Å²) in [5.74, 6) is 0. The molecule has 1 unspecified atom stereocenters. The van der Waals surface area contributed by atoms with Gasteiger partial charge in [-0.2, -0.15) is 0 Å². The van der Waals surface area contributed by atoms with Gasteiger partial charge < -0.3 is 0 Å². The van der Waals surface area contributed by atoms with Crippen molar-refractivity contribution >= 4 is 19.1 Å². The van der Waals surface area contributed by atoms with Gasteiger partial charge in [0.2, 0.25) is 6.29 Å². The monoisotopic (exact) mass is 144 g/mol. The maximum atomic E-state index is 10.3. The average Bonchev–Trinajstić information content (AvgIpc) is 2.08. The number of aldehydes is 1. The van der Waals surface area contributed by atoms with Crippen LogP contribution >= 0.6 is 12.8 Å². The van der Waals surface area contributed by atoms with Crippen LogP contribution in [0.4, 0.5) is 0 Å². The zero-order valence-corrected chi connectivity index (χ0v) is 6.27. The van der Waals surface area contributed by atoms with E-state index in [9.17, 15) is 4.79 Å². The molecular weight excluding hydrogens is 134 g/mol. The molecule has 0 aromatic carbocycles. The lowest BCUT2D eigenvalue weighted by Crippen LogP contribution is -2.29. The number of carbonyl (C=O) groups is 1. The molecule has 0 aromatic heterocycles. The Morgan fingerprint density at radius 2 is 2.56 bits per heavy atom. The third-order valence-corrected chi connectivity index (χ3v) is 2.03. The van der Waals surface area contributed by atoms with E-state index >= 15 is 0 Å². The van der Waals surface area contributed by atoms with E-state index in [1.807, 2.05) is 13.1 Å². The molecule has 2 nitrogen and oxygen atoms in total. The van der Waals surface area contributed by atoms with Crippen LogP contribution in [-0.4, -0.2) is 23.8 Å². The van der Waals surface area contributed by atoms with Gasteiger partial charge in [-0.05, 0) is 6.08 Å². The molecule has 0 aromatic rings. The Labute approximate surface area is 60.3 Å². The van der Waals surface area contributed by atoms with Gasteiger partial charge in [-0.25, -0.2) is 3.89 Å². The molecule has 1 aliphatic heterocycles. The Morgan fingerprint density at radius 1 is 1.89 bits per heavy atom. The fraction of sp³-hybridized carbons (Fsp3) is 0.500. The summed E-state index contributed by atoms with van der Waals surface area (Å²) in [6.07, 6.45) is 3.77. The molecule has 0 spiro atoms. The second-order valence-corrected chi connectivity index (χ2v) is 3.28. The van der Waals surface area contributed by atoms with Crippen molar-refractivity contribution in [3.05, 3.63) is 11.8 Å². The second-order valence-electron chi connectivity index (χ2n) is 2.40. The van der Waals surface area contributed by atoms with E-state index in [4.69, 9.17) is 0 Å². The van der Waals surface area contributed by atoms with Gasteiger partial charge in [0.1, 0.15) is 0 Å². The molecule has 1 heterocycles. The molecule has 9 heavy (non-hydrogen) atoms. The van der Waals surface area contributed by atoms with Crippen LogP contribution in [0.5, 0.6) is 0 Å². The predicted molar refractivity (Wildman–Crippen MR) is 38.8 cm³/mol. The van der Waals surface area contributed by atoms with Gasteiger partial charge in [0.25, 0.3) is 0 Å². The van der Waals surface area contributed by atoms with Gasteiger partial charge in [0.05, 0.1) is 26.4 Å². The first-order chi connectivity index (χ1) is 4.17. The van der Waals surface area contributed by atoms with Crippen molar-refractivity contribution in [2.24, 2.45) is 0 Å². The first-order valence-corrected chi connectivity index (χ1v) is 3.31. The number of allylic oxidation sites excluding steroid dienone is 1. The molecule has 0 radical (unpaired) electrons. The van der Waals surface area contributed by atoms with Crippen LogP contribution in [0.25, 0.3) is 0 Å². The summed E-state index contributed by atoms with van der Waals surface area (Å²) in [5.41, 5.74) is 0.776. The Hall–Kier alpha value is -0.280. The summed E-state index contributed by atoms with van der Waals surface area (Å²) in [4.78, 5) is 10.3. The average molecular weight is 144 g/mol. The molecule has 0 amide bonds. The van der Waals surface area contributed by atoms with Crippen molar-refractivity contribution in [1.82, 2.24) is 0 Å². The van der Waals surface area contributed by atoms with E-state index in [0.717, 1.165) is 24.9 Å². The molecule has 0 saturated heterocycles. The Morgan fingerprint density at radius 3 is 2.78 bits per heavy atom. The number of rotatable bonds is 1. The molecule has 0 N–H and O–H groups in total. The van der Waals surface area contributed by atoms with Crippen molar-refractivity contribution in [1.29, 1.82) is 0 Å². The highest BCUT2D eigenvalue weighted by Crippen LogP contribution is 2.23. The summed E-state index contributed by atoms with van der Waals surface area (Å²) in [6.45, 7) is 0.928. The van der Waals surface area contributed by atoms with E-state index in [2.05, 4.69) is 12.8 Å². The first-order valence-electron chi connectivity index (χ1n) is 2.91. The standard InChI is InChI=1S/C6H10NOS/c1-7(9)4-2-3-6(7)5-8/h3,5,9H,2,4H2,1H3/q+1. The molecule has 1 aliphatic rings. The summed E-state index contributed by atoms with van der Waals surface area (Å²) < 4.78 is 0.448. The van der Waals surface area contributed by atoms with Crippen LogP contribution in [-0.2, 0) is 4.79 Å². The lowest BCUT2D eigenvalue weighted by atomic mass is 10.4. The fourth-order valence-corrected chi connectivity index (χ4v) is 1.20. The van der Waals surface area contributed by atoms with Crippen LogP contribution < -0.4 is 0 Å². The Balaban J connectivity index is 2.80. The van der Waals surface area contributed by atoms with Crippen molar-refractivity contribution in [3.63, 3.8) is 0 Å². The van der Waals surface area contributed by atoms with Crippen LogP contribution in [0.15, 0.2) is 11.8 Å². The normalized spacial score (nSPS) is 34.2. The number of quaternary nitrogens is 1. The number of hydrogen-bond acceptors (Lipinski definition) is 2. The van der Waals surface area contributed by atoms with Crippen molar-refractivity contribution in [3.8, 4) is 0 Å². The molecule has 50 valence electrons. The molecule has 0 fully saturated rings. The lowest BCUT2D eigenvalue weighted by Gasteiger charge is -2.19. The van der Waals surface area contributed by atoms with E-state index in [0.29, 0.717) is 3.89 Å². The van der Waals surface area contributed by atoms with Crippen molar-refractivity contribution < 1.29 is 8.68 Å². The van der Waals surface area contributed by atoms with Gasteiger partial charge >= 0.3 is 0 Å². The molecule has 1 rings (SSSR count). The minimum atomic E-state index is 0.448. The third-order valence-electron chi connectivity index (χ3n) is 1.59. The van der Waals surface area contributed by atoms with Gasteiger partial charge in [0.15, 0.2) is 5.70 Å². The Kier molecular flexibility index (Phi) is 1.64. The maximum Gasteiger partial charge on any atom is 0.204 e. The van der Waals surface area contributed by atoms with E-state index in [-0.39, 0.29) is 0 Å². The largest absolute Gasteiger partial charge is 0.292 e. The molecule has 3 heteroatoms. The lowest BCUT2D eigenvalue weighted by molar-refractivity contribution is -0.714. The number of hydrogen-bond donors (Lipinski definition) is 1. The zero-order chi connectivity index (χ0) is 6.91. The zero-order valence-electron chi connectivity index (χ0n) is 5.37. The second kappa shape index (κ2) is 2.15. The number of carbonyl (C=O) groups excluding carboxylic acids is 1. The van der Waals surface area contributed by atoms with Crippen LogP contribution in [0, 0.1) is 0 Å². The SMILES string of the molecule is C[N+]1(S)CCC=C1C=O. The molecule has 0 aliphatic carbocycles. The highest BCUT2D eigenvalue weighted by atomic mass is 32.1. The van der Waals surface area contributed by atoms with E-state index in [1.54, 1.807) is 0 Å². The third kappa shape index (κ3) is 1.17. The van der Waals surface area contributed by atoms with Crippen molar-refractivity contribution in [2.45, 2.75) is 6.42 Å². The molecular formula is C6H10NOS+. The minimum Gasteiger partial charge on any atom is -0.292 e. The van der Waals surface area contributed by atoms with Crippen LogP contribution in [0.2, 0.25) is 0 Å². The summed E-state index contributed by atoms with van der Waals surface area (Å²) >= 11 is 4.26. The van der Waals surface area contributed by atoms with Crippen molar-refractivity contribution in [2.75, 3.05) is 13.6 Å². The minimum absolute atomic E-state index is 0.448. The number of thiol groups is 1. The smallest absolute Gasteiger partial charge is 0.204 e. The summed E-state index contributed by atoms with van der Waals surface area (Å²) in [5, 5.41) is 0. The fourth-order valence-electron chi connectivity index (χ4n) is 0.951. The van der Waals surface area contributed by atoms with Gasteiger partial charge in [-0.3, -0.25) is 4.79 Å². The van der Waals surface area contributed by atoms with Gasteiger partial charge in [-0.1, -0.05) is 0 Å². The highest BCUT2D eigenvalue weighted by Gasteiger charge is 2.27. The van der Waals surface area contributed by atoms with E-state index in [1.165, 1.54) is 0 Å². The summed E-state index contributed by atoms with van der Waals surface area (Å²) in [6, 6.07) is 0. The Bertz CT molecular complexity index is 162. The first kappa shape index (κ1) is 6.83. The van der Waals surface area contributed by atoms with Crippen LogP contribution in [0.1, 0.15) is 6.42 Å². The molecule has 0 saturated carbocycles. The van der Waals surface area contributed by atoms with E-state index < -0.39 is 0 Å². The van der Waals surface area contributed by atoms with Gasteiger partial charge in [0, 0.05) is 6.42 Å². The molecule has 0 bridgehead atoms. The van der Waals surface area contributed by atoms with Crippen LogP contribution in [0.3, 0.4) is 0 Å². The maximum absolute atomic E-state index is 10.3. The van der Waals surface area contributed by atoms with Gasteiger partial charge in [-0.15, -0.1) is 0 Å².